The molecule has 5 atom stereocenters. The fourth-order valence-electron chi connectivity index (χ4n) is 2.86. The number of carbonyl (C=O) groups excluding carboxylic acids is 1. The number of phenols is 2. The van der Waals surface area contributed by atoms with Crippen molar-refractivity contribution >= 4 is 5.97 Å². The van der Waals surface area contributed by atoms with Gasteiger partial charge in [-0.2, -0.15) is 0 Å². The first kappa shape index (κ1) is 23.1. The standard InChI is InChI=1S/C20H28O9/c1-3-11(2)19(26)29-18-16(24)15(10-21)28-20(17(18)25)27-8-4-5-12-6-7-13(22)14(23)9-12/h3,6-7,9,15-18,20-25H,4-5,8,10H2,1-2H3. The van der Waals surface area contributed by atoms with Crippen molar-refractivity contribution in [3.8, 4) is 11.5 Å². The Bertz CT molecular complexity index is 718. The van der Waals surface area contributed by atoms with Gasteiger partial charge >= 0.3 is 5.97 Å². The maximum absolute atomic E-state index is 12.0. The lowest BCUT2D eigenvalue weighted by atomic mass is 9.99. The van der Waals surface area contributed by atoms with Gasteiger partial charge in [-0.1, -0.05) is 12.1 Å². The third-order valence-corrected chi connectivity index (χ3v) is 4.75. The summed E-state index contributed by atoms with van der Waals surface area (Å²) in [6, 6.07) is 4.50. The van der Waals surface area contributed by atoms with Gasteiger partial charge in [0.15, 0.2) is 23.9 Å². The van der Waals surface area contributed by atoms with Gasteiger partial charge in [-0.25, -0.2) is 4.79 Å². The zero-order valence-electron chi connectivity index (χ0n) is 16.4. The van der Waals surface area contributed by atoms with E-state index in [0.717, 1.165) is 5.56 Å². The lowest BCUT2D eigenvalue weighted by Gasteiger charge is -2.41. The number of benzene rings is 1. The number of hydrogen-bond donors (Lipinski definition) is 5. The van der Waals surface area contributed by atoms with E-state index in [9.17, 15) is 30.3 Å². The highest BCUT2D eigenvalue weighted by atomic mass is 16.7. The molecule has 9 heteroatoms. The van der Waals surface area contributed by atoms with Crippen LogP contribution >= 0.6 is 0 Å². The summed E-state index contributed by atoms with van der Waals surface area (Å²) in [7, 11) is 0. The highest BCUT2D eigenvalue weighted by Crippen LogP contribution is 2.27. The highest BCUT2D eigenvalue weighted by Gasteiger charge is 2.47. The zero-order valence-corrected chi connectivity index (χ0v) is 16.4. The number of carbonyl (C=O) groups is 1. The van der Waals surface area contributed by atoms with Gasteiger partial charge in [0.2, 0.25) is 0 Å². The van der Waals surface area contributed by atoms with Crippen molar-refractivity contribution in [3.05, 3.63) is 35.4 Å². The molecule has 0 amide bonds. The smallest absolute Gasteiger partial charge is 0.333 e. The zero-order chi connectivity index (χ0) is 21.6. The van der Waals surface area contributed by atoms with E-state index in [2.05, 4.69) is 0 Å². The van der Waals surface area contributed by atoms with Crippen LogP contribution in [-0.4, -0.2) is 75.4 Å². The van der Waals surface area contributed by atoms with Crippen molar-refractivity contribution in [3.63, 3.8) is 0 Å². The van der Waals surface area contributed by atoms with Crippen LogP contribution in [0, 0.1) is 0 Å². The summed E-state index contributed by atoms with van der Waals surface area (Å²) in [5, 5.41) is 49.0. The lowest BCUT2D eigenvalue weighted by Crippen LogP contribution is -2.60. The molecule has 5 unspecified atom stereocenters. The topological polar surface area (TPSA) is 146 Å². The second-order valence-electron chi connectivity index (χ2n) is 6.85. The molecule has 0 aromatic heterocycles. The molecule has 1 fully saturated rings. The van der Waals surface area contributed by atoms with Crippen LogP contribution in [0.4, 0.5) is 0 Å². The molecule has 1 saturated heterocycles. The Hall–Kier alpha value is -2.17. The molecule has 1 aromatic rings. The Morgan fingerprint density at radius 2 is 1.93 bits per heavy atom. The summed E-state index contributed by atoms with van der Waals surface area (Å²) < 4.78 is 16.1. The number of rotatable bonds is 8. The van der Waals surface area contributed by atoms with Crippen LogP contribution < -0.4 is 0 Å². The summed E-state index contributed by atoms with van der Waals surface area (Å²) in [6.07, 6.45) is -3.88. The molecule has 1 aromatic carbocycles. The third-order valence-electron chi connectivity index (χ3n) is 4.75. The number of esters is 1. The average Bonchev–Trinajstić information content (AvgIpc) is 2.71. The van der Waals surface area contributed by atoms with Crippen molar-refractivity contribution in [2.45, 2.75) is 57.4 Å². The van der Waals surface area contributed by atoms with Crippen LogP contribution in [0.3, 0.4) is 0 Å². The van der Waals surface area contributed by atoms with Crippen molar-refractivity contribution in [1.29, 1.82) is 0 Å². The van der Waals surface area contributed by atoms with E-state index < -0.39 is 43.3 Å². The first-order chi connectivity index (χ1) is 13.8. The van der Waals surface area contributed by atoms with E-state index in [1.807, 2.05) is 0 Å². The van der Waals surface area contributed by atoms with Gasteiger partial charge in [0, 0.05) is 5.57 Å². The minimum absolute atomic E-state index is 0.159. The van der Waals surface area contributed by atoms with Crippen LogP contribution in [0.1, 0.15) is 25.8 Å². The van der Waals surface area contributed by atoms with E-state index >= 15 is 0 Å². The molecule has 0 saturated carbocycles. The first-order valence-corrected chi connectivity index (χ1v) is 9.37. The SMILES string of the molecule is CC=C(C)C(=O)OC1C(O)C(CO)OC(OCCCc2ccc(O)c(O)c2)C1O. The molecule has 2 rings (SSSR count). The van der Waals surface area contributed by atoms with E-state index in [-0.39, 0.29) is 18.1 Å². The van der Waals surface area contributed by atoms with Gasteiger partial charge in [-0.05, 0) is 44.4 Å². The number of allylic oxidation sites excluding steroid dienone is 1. The average molecular weight is 412 g/mol. The van der Waals surface area contributed by atoms with E-state index in [4.69, 9.17) is 14.2 Å². The van der Waals surface area contributed by atoms with Crippen LogP contribution in [0.15, 0.2) is 29.8 Å². The number of aryl methyl sites for hydroxylation is 1. The molecule has 0 spiro atoms. The largest absolute Gasteiger partial charge is 0.504 e. The van der Waals surface area contributed by atoms with Gasteiger partial charge in [0.1, 0.15) is 18.3 Å². The van der Waals surface area contributed by atoms with Gasteiger partial charge in [-0.15, -0.1) is 0 Å². The van der Waals surface area contributed by atoms with Crippen molar-refractivity contribution in [2.75, 3.05) is 13.2 Å². The molecule has 1 heterocycles. The van der Waals surface area contributed by atoms with E-state index in [1.165, 1.54) is 12.1 Å². The summed E-state index contributed by atoms with van der Waals surface area (Å²) >= 11 is 0. The van der Waals surface area contributed by atoms with Gasteiger partial charge in [-0.3, -0.25) is 0 Å². The van der Waals surface area contributed by atoms with Crippen LogP contribution in [0.5, 0.6) is 11.5 Å². The third kappa shape index (κ3) is 5.91. The van der Waals surface area contributed by atoms with Crippen LogP contribution in [0.25, 0.3) is 0 Å². The molecule has 0 radical (unpaired) electrons. The molecule has 0 bridgehead atoms. The Morgan fingerprint density at radius 1 is 1.21 bits per heavy atom. The number of ether oxygens (including phenoxy) is 3. The number of phenolic OH excluding ortho intramolecular Hbond substituents is 2. The summed E-state index contributed by atoms with van der Waals surface area (Å²) in [6.45, 7) is 2.81. The second kappa shape index (κ2) is 10.6. The quantitative estimate of drug-likeness (QED) is 0.177. The van der Waals surface area contributed by atoms with Crippen molar-refractivity contribution in [2.24, 2.45) is 0 Å². The molecule has 162 valence electrons. The highest BCUT2D eigenvalue weighted by molar-refractivity contribution is 5.87. The first-order valence-electron chi connectivity index (χ1n) is 9.37. The Balaban J connectivity index is 1.94. The summed E-state index contributed by atoms with van der Waals surface area (Å²) in [4.78, 5) is 12.0. The van der Waals surface area contributed by atoms with Crippen molar-refractivity contribution < 1.29 is 44.5 Å². The molecular formula is C20H28O9. The normalized spacial score (nSPS) is 27.6. The fraction of sp³-hybridized carbons (Fsp3) is 0.550. The van der Waals surface area contributed by atoms with Gasteiger partial charge in [0.05, 0.1) is 13.2 Å². The molecule has 1 aliphatic heterocycles. The van der Waals surface area contributed by atoms with E-state index in [0.29, 0.717) is 18.4 Å². The number of aromatic hydroxyl groups is 2. The maximum atomic E-state index is 12.0. The van der Waals surface area contributed by atoms with Crippen LogP contribution in [-0.2, 0) is 25.4 Å². The maximum Gasteiger partial charge on any atom is 0.333 e. The molecule has 9 nitrogen and oxygen atoms in total. The second-order valence-corrected chi connectivity index (χ2v) is 6.85. The molecule has 29 heavy (non-hydrogen) atoms. The minimum Gasteiger partial charge on any atom is -0.504 e. The fourth-order valence-corrected chi connectivity index (χ4v) is 2.86. The number of hydrogen-bond acceptors (Lipinski definition) is 9. The molecule has 0 aliphatic carbocycles. The predicted molar refractivity (Wildman–Crippen MR) is 101 cm³/mol. The Kier molecular flexibility index (Phi) is 8.42. The lowest BCUT2D eigenvalue weighted by molar-refractivity contribution is -0.302. The molecule has 1 aliphatic rings. The Morgan fingerprint density at radius 3 is 2.55 bits per heavy atom. The van der Waals surface area contributed by atoms with Crippen LogP contribution in [0.2, 0.25) is 0 Å². The summed E-state index contributed by atoms with van der Waals surface area (Å²) in [5.41, 5.74) is 1.09. The minimum atomic E-state index is -1.45. The van der Waals surface area contributed by atoms with Gasteiger partial charge < -0.3 is 39.7 Å². The monoisotopic (exact) mass is 412 g/mol. The summed E-state index contributed by atoms with van der Waals surface area (Å²) in [5.74, 6) is -1.11. The Labute approximate surface area is 168 Å². The number of aliphatic hydroxyl groups is 3. The van der Waals surface area contributed by atoms with E-state index in [1.54, 1.807) is 26.0 Å². The predicted octanol–water partition coefficient (Wildman–Crippen LogP) is 0.364. The van der Waals surface area contributed by atoms with Gasteiger partial charge in [0.25, 0.3) is 0 Å². The molecule has 5 N–H and O–H groups in total. The number of aliphatic hydroxyl groups excluding tert-OH is 3. The molecular weight excluding hydrogens is 384 g/mol. The van der Waals surface area contributed by atoms with Crippen molar-refractivity contribution in [1.82, 2.24) is 0 Å².